The monoisotopic (exact) mass is 432 g/mol. The van der Waals surface area contributed by atoms with Crippen LogP contribution in [0, 0.1) is 0 Å². The van der Waals surface area contributed by atoms with Crippen molar-refractivity contribution in [3.63, 3.8) is 0 Å². The molecule has 0 saturated carbocycles. The van der Waals surface area contributed by atoms with Gasteiger partial charge in [-0.1, -0.05) is 6.42 Å². The van der Waals surface area contributed by atoms with Crippen molar-refractivity contribution in [3.05, 3.63) is 0 Å². The summed E-state index contributed by atoms with van der Waals surface area (Å²) in [5, 5.41) is 2.53. The smallest absolute Gasteiger partial charge is 0.410 e. The Morgan fingerprint density at radius 3 is 2.40 bits per heavy atom. The standard InChI is InChI=1S/C17H36N8O5/c18-6-2-1-3-9-25(11-14(26)23-8-10-29-16(22)27)17(28)30-12-13(19)5-4-7-24-15(20)21/h13H,1-12,18-19H2,(H2,22,27)(H,23,26)(H4,20,21,24). The quantitative estimate of drug-likeness (QED) is 0.0911. The number of nitrogens with one attached hydrogen (secondary N) is 1. The average Bonchev–Trinajstić information content (AvgIpc) is 2.68. The lowest BCUT2D eigenvalue weighted by atomic mass is 10.2. The van der Waals surface area contributed by atoms with Crippen molar-refractivity contribution in [2.24, 2.45) is 33.7 Å². The third-order valence-electron chi connectivity index (χ3n) is 3.84. The summed E-state index contributed by atoms with van der Waals surface area (Å²) in [6.45, 7) is 1.17. The largest absolute Gasteiger partial charge is 0.448 e. The van der Waals surface area contributed by atoms with Crippen molar-refractivity contribution in [1.29, 1.82) is 0 Å². The molecule has 0 fully saturated rings. The third-order valence-corrected chi connectivity index (χ3v) is 3.84. The van der Waals surface area contributed by atoms with Crippen molar-refractivity contribution in [2.45, 2.75) is 38.1 Å². The van der Waals surface area contributed by atoms with Gasteiger partial charge >= 0.3 is 12.2 Å². The van der Waals surface area contributed by atoms with Gasteiger partial charge in [0, 0.05) is 19.1 Å². The van der Waals surface area contributed by atoms with E-state index in [1.54, 1.807) is 0 Å². The molecule has 0 aromatic heterocycles. The molecule has 0 aromatic rings. The molecule has 3 amide bonds. The van der Waals surface area contributed by atoms with E-state index in [0.717, 1.165) is 12.8 Å². The fourth-order valence-electron chi connectivity index (χ4n) is 2.34. The molecule has 30 heavy (non-hydrogen) atoms. The molecule has 0 radical (unpaired) electrons. The molecule has 11 N–H and O–H groups in total. The molecule has 0 rings (SSSR count). The fourth-order valence-corrected chi connectivity index (χ4v) is 2.34. The van der Waals surface area contributed by atoms with Crippen LogP contribution in [-0.2, 0) is 14.3 Å². The molecule has 1 atom stereocenters. The maximum Gasteiger partial charge on any atom is 0.410 e. The Balaban J connectivity index is 4.43. The topological polar surface area (TPSA) is 227 Å². The second kappa shape index (κ2) is 17.1. The Kier molecular flexibility index (Phi) is 15.5. The van der Waals surface area contributed by atoms with E-state index in [4.69, 9.17) is 33.4 Å². The molecule has 0 aromatic carbocycles. The molecule has 13 heteroatoms. The van der Waals surface area contributed by atoms with Crippen LogP contribution >= 0.6 is 0 Å². The van der Waals surface area contributed by atoms with Gasteiger partial charge in [0.15, 0.2) is 5.96 Å². The number of amides is 3. The lowest BCUT2D eigenvalue weighted by molar-refractivity contribution is -0.122. The molecule has 174 valence electrons. The van der Waals surface area contributed by atoms with Crippen LogP contribution in [-0.4, -0.2) is 80.9 Å². The highest BCUT2D eigenvalue weighted by Gasteiger charge is 2.19. The highest BCUT2D eigenvalue weighted by molar-refractivity contribution is 5.82. The van der Waals surface area contributed by atoms with E-state index in [0.29, 0.717) is 38.9 Å². The zero-order chi connectivity index (χ0) is 22.8. The molecule has 0 aliphatic heterocycles. The van der Waals surface area contributed by atoms with Gasteiger partial charge in [-0.2, -0.15) is 0 Å². The van der Waals surface area contributed by atoms with Gasteiger partial charge in [0.05, 0.1) is 6.54 Å². The first-order valence-corrected chi connectivity index (χ1v) is 9.88. The van der Waals surface area contributed by atoms with E-state index in [9.17, 15) is 14.4 Å². The maximum absolute atomic E-state index is 12.4. The lowest BCUT2D eigenvalue weighted by Gasteiger charge is -2.22. The van der Waals surface area contributed by atoms with Crippen LogP contribution in [0.15, 0.2) is 4.99 Å². The van der Waals surface area contributed by atoms with Crippen LogP contribution in [0.25, 0.3) is 0 Å². The van der Waals surface area contributed by atoms with Gasteiger partial charge in [-0.3, -0.25) is 14.7 Å². The number of ether oxygens (including phenoxy) is 2. The first kappa shape index (κ1) is 27.2. The normalized spacial score (nSPS) is 11.3. The summed E-state index contributed by atoms with van der Waals surface area (Å²) in [5.74, 6) is -0.403. The van der Waals surface area contributed by atoms with Crippen molar-refractivity contribution in [1.82, 2.24) is 10.2 Å². The van der Waals surface area contributed by atoms with Crippen molar-refractivity contribution in [2.75, 3.05) is 45.9 Å². The van der Waals surface area contributed by atoms with Crippen LogP contribution in [0.1, 0.15) is 32.1 Å². The first-order valence-electron chi connectivity index (χ1n) is 9.88. The summed E-state index contributed by atoms with van der Waals surface area (Å²) in [7, 11) is 0. The Hall–Kier alpha value is -2.80. The van der Waals surface area contributed by atoms with Gasteiger partial charge in [0.1, 0.15) is 19.8 Å². The zero-order valence-corrected chi connectivity index (χ0v) is 17.4. The van der Waals surface area contributed by atoms with Crippen molar-refractivity contribution >= 4 is 24.1 Å². The average molecular weight is 433 g/mol. The Morgan fingerprint density at radius 2 is 1.77 bits per heavy atom. The summed E-state index contributed by atoms with van der Waals surface area (Å²) in [6, 6.07) is -0.373. The number of primary amides is 1. The minimum Gasteiger partial charge on any atom is -0.448 e. The zero-order valence-electron chi connectivity index (χ0n) is 17.4. The van der Waals surface area contributed by atoms with Crippen LogP contribution in [0.4, 0.5) is 9.59 Å². The molecule has 0 aliphatic rings. The van der Waals surface area contributed by atoms with E-state index in [1.807, 2.05) is 0 Å². The van der Waals surface area contributed by atoms with E-state index in [1.165, 1.54) is 4.90 Å². The predicted octanol–water partition coefficient (Wildman–Crippen LogP) is -1.85. The van der Waals surface area contributed by atoms with Gasteiger partial charge < -0.3 is 43.5 Å². The van der Waals surface area contributed by atoms with E-state index in [2.05, 4.69) is 15.0 Å². The third kappa shape index (κ3) is 16.2. The van der Waals surface area contributed by atoms with E-state index >= 15 is 0 Å². The van der Waals surface area contributed by atoms with Gasteiger partial charge in [-0.15, -0.1) is 0 Å². The maximum atomic E-state index is 12.4. The number of hydrogen-bond donors (Lipinski definition) is 6. The summed E-state index contributed by atoms with van der Waals surface area (Å²) in [4.78, 5) is 40.1. The number of rotatable bonds is 16. The Bertz CT molecular complexity index is 542. The number of hydrogen-bond acceptors (Lipinski definition) is 8. The highest BCUT2D eigenvalue weighted by Crippen LogP contribution is 2.03. The highest BCUT2D eigenvalue weighted by atomic mass is 16.6. The number of guanidine groups is 1. The number of nitrogens with zero attached hydrogens (tertiary/aromatic N) is 2. The number of unbranched alkanes of at least 4 members (excludes halogenated alkanes) is 2. The molecule has 0 bridgehead atoms. The molecule has 0 saturated heterocycles. The van der Waals surface area contributed by atoms with Crippen LogP contribution in [0.2, 0.25) is 0 Å². The molecule has 1 unspecified atom stereocenters. The van der Waals surface area contributed by atoms with Gasteiger partial charge in [-0.05, 0) is 32.2 Å². The number of carbonyl (C=O) groups excluding carboxylic acids is 3. The second-order valence-corrected chi connectivity index (χ2v) is 6.57. The second-order valence-electron chi connectivity index (χ2n) is 6.57. The first-order chi connectivity index (χ1) is 14.3. The summed E-state index contributed by atoms with van der Waals surface area (Å²) >= 11 is 0. The van der Waals surface area contributed by atoms with Crippen LogP contribution in [0.3, 0.4) is 0 Å². The minimum absolute atomic E-state index is 0.00796. The SMILES string of the molecule is NCCCCCN(CC(=O)NCCOC(N)=O)C(=O)OCC(N)CCCN=C(N)N. The fraction of sp³-hybridized carbons (Fsp3) is 0.765. The number of nitrogens with two attached hydrogens (primary N) is 5. The molecule has 0 spiro atoms. The lowest BCUT2D eigenvalue weighted by Crippen LogP contribution is -2.43. The molecular weight excluding hydrogens is 396 g/mol. The van der Waals surface area contributed by atoms with Gasteiger partial charge in [0.2, 0.25) is 5.91 Å². The van der Waals surface area contributed by atoms with Crippen molar-refractivity contribution < 1.29 is 23.9 Å². The molecule has 13 nitrogen and oxygen atoms in total. The molecule has 0 heterocycles. The van der Waals surface area contributed by atoms with E-state index in [-0.39, 0.29) is 38.3 Å². The summed E-state index contributed by atoms with van der Waals surface area (Å²) in [5.41, 5.74) is 26.7. The Labute approximate surface area is 176 Å². The van der Waals surface area contributed by atoms with Gasteiger partial charge in [-0.25, -0.2) is 9.59 Å². The number of aliphatic imine (C=N–C) groups is 1. The molecular formula is C17H36N8O5. The van der Waals surface area contributed by atoms with E-state index < -0.39 is 18.1 Å². The predicted molar refractivity (Wildman–Crippen MR) is 112 cm³/mol. The summed E-state index contributed by atoms with van der Waals surface area (Å²) in [6.07, 6.45) is 1.97. The minimum atomic E-state index is -0.927. The van der Waals surface area contributed by atoms with Crippen molar-refractivity contribution in [3.8, 4) is 0 Å². The summed E-state index contributed by atoms with van der Waals surface area (Å²) < 4.78 is 9.77. The van der Waals surface area contributed by atoms with Gasteiger partial charge in [0.25, 0.3) is 0 Å². The molecule has 0 aliphatic carbocycles. The number of carbonyl (C=O) groups is 3. The van der Waals surface area contributed by atoms with Crippen LogP contribution in [0.5, 0.6) is 0 Å². The van der Waals surface area contributed by atoms with Crippen LogP contribution < -0.4 is 34.0 Å². The Morgan fingerprint density at radius 1 is 1.03 bits per heavy atom.